The molecule has 0 unspecified atom stereocenters. The topological polar surface area (TPSA) is 48.6 Å². The van der Waals surface area contributed by atoms with E-state index in [0.29, 0.717) is 0 Å². The Kier molecular flexibility index (Phi) is 2.23. The summed E-state index contributed by atoms with van der Waals surface area (Å²) in [5.41, 5.74) is 2.63. The summed E-state index contributed by atoms with van der Waals surface area (Å²) in [6.45, 7) is 2.02. The van der Waals surface area contributed by atoms with Crippen LogP contribution in [0.1, 0.15) is 12.6 Å². The van der Waals surface area contributed by atoms with Gasteiger partial charge in [0, 0.05) is 5.69 Å². The van der Waals surface area contributed by atoms with E-state index < -0.39 is 0 Å². The van der Waals surface area contributed by atoms with E-state index in [2.05, 4.69) is 10.2 Å². The molecule has 14 heavy (non-hydrogen) atoms. The largest absolute Gasteiger partial charge is 0.302 e. The highest BCUT2D eigenvalue weighted by Gasteiger charge is 2.09. The Balaban J connectivity index is 2.61. The first-order chi connectivity index (χ1) is 6.83. The molecule has 1 heterocycles. The quantitative estimate of drug-likeness (QED) is 0.743. The Bertz CT molecular complexity index is 468. The number of benzene rings is 1. The molecule has 2 aromatic rings. The number of rotatable bonds is 2. The molecule has 2 rings (SSSR count). The van der Waals surface area contributed by atoms with Crippen molar-refractivity contribution in [3.05, 3.63) is 46.4 Å². The van der Waals surface area contributed by atoms with Gasteiger partial charge >= 0.3 is 0 Å². The summed E-state index contributed by atoms with van der Waals surface area (Å²) >= 11 is 0. The monoisotopic (exact) mass is 188 g/mol. The van der Waals surface area contributed by atoms with Crippen molar-refractivity contribution in [1.29, 1.82) is 0 Å². The first-order valence-electron chi connectivity index (χ1n) is 4.68. The van der Waals surface area contributed by atoms with Crippen LogP contribution < -0.4 is 5.56 Å². The summed E-state index contributed by atoms with van der Waals surface area (Å²) in [5.74, 6) is 0. The van der Waals surface area contributed by atoms with E-state index in [9.17, 15) is 4.79 Å². The molecule has 0 radical (unpaired) electrons. The number of aromatic nitrogens is 2. The molecule has 2 N–H and O–H groups in total. The fourth-order valence-corrected chi connectivity index (χ4v) is 1.57. The van der Waals surface area contributed by atoms with Crippen LogP contribution in [0.15, 0.2) is 35.1 Å². The molecule has 0 bridgehead atoms. The lowest BCUT2D eigenvalue weighted by Gasteiger charge is -1.98. The SMILES string of the molecule is CCc1[nH][nH]c(=O)c1-c1ccccc1. The predicted molar refractivity (Wildman–Crippen MR) is 56.2 cm³/mol. The van der Waals surface area contributed by atoms with E-state index in [1.165, 1.54) is 0 Å². The van der Waals surface area contributed by atoms with Crippen molar-refractivity contribution in [2.45, 2.75) is 13.3 Å². The zero-order chi connectivity index (χ0) is 9.97. The molecule has 0 aliphatic carbocycles. The van der Waals surface area contributed by atoms with Gasteiger partial charge in [0.1, 0.15) is 0 Å². The van der Waals surface area contributed by atoms with Gasteiger partial charge in [0.25, 0.3) is 5.56 Å². The Labute approximate surface area is 81.8 Å². The second-order valence-electron chi connectivity index (χ2n) is 3.15. The predicted octanol–water partition coefficient (Wildman–Crippen LogP) is 1.93. The van der Waals surface area contributed by atoms with Gasteiger partial charge in [-0.3, -0.25) is 9.89 Å². The van der Waals surface area contributed by atoms with Gasteiger partial charge in [-0.1, -0.05) is 37.3 Å². The molecule has 0 spiro atoms. The van der Waals surface area contributed by atoms with E-state index in [1.54, 1.807) is 0 Å². The zero-order valence-corrected chi connectivity index (χ0v) is 8.00. The fraction of sp³-hybridized carbons (Fsp3) is 0.182. The minimum absolute atomic E-state index is 0.0481. The lowest BCUT2D eigenvalue weighted by molar-refractivity contribution is 0.965. The van der Waals surface area contributed by atoms with Gasteiger partial charge in [-0.2, -0.15) is 0 Å². The standard InChI is InChI=1S/C11H12N2O/c1-2-9-10(11(14)13-12-9)8-6-4-3-5-7-8/h3-7H,2H2,1H3,(H2,12,13,14). The molecule has 0 aliphatic heterocycles. The minimum Gasteiger partial charge on any atom is -0.302 e. The van der Waals surface area contributed by atoms with E-state index in [0.717, 1.165) is 23.2 Å². The zero-order valence-electron chi connectivity index (χ0n) is 8.00. The molecule has 1 aromatic carbocycles. The maximum absolute atomic E-state index is 11.5. The van der Waals surface area contributed by atoms with Crippen molar-refractivity contribution in [3.8, 4) is 11.1 Å². The summed E-state index contributed by atoms with van der Waals surface area (Å²) < 4.78 is 0. The summed E-state index contributed by atoms with van der Waals surface area (Å²) in [6, 6.07) is 9.69. The van der Waals surface area contributed by atoms with Crippen LogP contribution in [0.25, 0.3) is 11.1 Å². The third kappa shape index (κ3) is 1.37. The smallest absolute Gasteiger partial charge is 0.272 e. The van der Waals surface area contributed by atoms with E-state index in [4.69, 9.17) is 0 Å². The molecule has 0 saturated carbocycles. The molecule has 72 valence electrons. The van der Waals surface area contributed by atoms with Crippen LogP contribution in [0.3, 0.4) is 0 Å². The van der Waals surface area contributed by atoms with Crippen molar-refractivity contribution in [2.75, 3.05) is 0 Å². The highest BCUT2D eigenvalue weighted by molar-refractivity contribution is 5.64. The molecule has 3 nitrogen and oxygen atoms in total. The van der Waals surface area contributed by atoms with Crippen LogP contribution in [-0.4, -0.2) is 10.2 Å². The van der Waals surface area contributed by atoms with Gasteiger partial charge in [-0.15, -0.1) is 0 Å². The van der Waals surface area contributed by atoms with Crippen molar-refractivity contribution in [1.82, 2.24) is 10.2 Å². The van der Waals surface area contributed by atoms with Crippen molar-refractivity contribution in [3.63, 3.8) is 0 Å². The Morgan fingerprint density at radius 2 is 1.86 bits per heavy atom. The van der Waals surface area contributed by atoms with Crippen LogP contribution in [0.2, 0.25) is 0 Å². The average Bonchev–Trinajstić information content (AvgIpc) is 2.61. The molecular formula is C11H12N2O. The summed E-state index contributed by atoms with van der Waals surface area (Å²) in [5, 5.41) is 5.49. The van der Waals surface area contributed by atoms with Gasteiger partial charge in [-0.25, -0.2) is 0 Å². The van der Waals surface area contributed by atoms with E-state index >= 15 is 0 Å². The maximum Gasteiger partial charge on any atom is 0.272 e. The molecule has 0 aliphatic rings. The van der Waals surface area contributed by atoms with Crippen LogP contribution >= 0.6 is 0 Å². The molecule has 0 saturated heterocycles. The molecular weight excluding hydrogens is 176 g/mol. The van der Waals surface area contributed by atoms with E-state index in [1.807, 2.05) is 37.3 Å². The minimum atomic E-state index is -0.0481. The molecule has 0 atom stereocenters. The second-order valence-corrected chi connectivity index (χ2v) is 3.15. The summed E-state index contributed by atoms with van der Waals surface area (Å²) in [7, 11) is 0. The van der Waals surface area contributed by atoms with Crippen molar-refractivity contribution < 1.29 is 0 Å². The third-order valence-corrected chi connectivity index (χ3v) is 2.27. The highest BCUT2D eigenvalue weighted by atomic mass is 16.1. The van der Waals surface area contributed by atoms with Crippen molar-refractivity contribution in [2.24, 2.45) is 0 Å². The normalized spacial score (nSPS) is 10.4. The van der Waals surface area contributed by atoms with Gasteiger partial charge in [0.05, 0.1) is 5.56 Å². The number of aromatic amines is 2. The van der Waals surface area contributed by atoms with Crippen molar-refractivity contribution >= 4 is 0 Å². The second kappa shape index (κ2) is 3.54. The summed E-state index contributed by atoms with van der Waals surface area (Å²) in [4.78, 5) is 11.5. The number of hydrogen-bond acceptors (Lipinski definition) is 1. The number of hydrogen-bond donors (Lipinski definition) is 2. The first-order valence-corrected chi connectivity index (χ1v) is 4.68. The summed E-state index contributed by atoms with van der Waals surface area (Å²) in [6.07, 6.45) is 0.822. The van der Waals surface area contributed by atoms with Gasteiger partial charge in [0.15, 0.2) is 0 Å². The Morgan fingerprint density at radius 1 is 1.14 bits per heavy atom. The number of H-pyrrole nitrogens is 2. The van der Waals surface area contributed by atoms with Gasteiger partial charge < -0.3 is 5.10 Å². The van der Waals surface area contributed by atoms with Crippen LogP contribution in [0.5, 0.6) is 0 Å². The first kappa shape index (κ1) is 8.81. The molecule has 1 aromatic heterocycles. The molecule has 0 fully saturated rings. The number of nitrogens with one attached hydrogen (secondary N) is 2. The maximum atomic E-state index is 11.5. The Hall–Kier alpha value is -1.77. The van der Waals surface area contributed by atoms with Gasteiger partial charge in [0.2, 0.25) is 0 Å². The van der Waals surface area contributed by atoms with Crippen LogP contribution in [0.4, 0.5) is 0 Å². The fourth-order valence-electron chi connectivity index (χ4n) is 1.57. The lowest BCUT2D eigenvalue weighted by atomic mass is 10.1. The Morgan fingerprint density at radius 3 is 2.50 bits per heavy atom. The lowest BCUT2D eigenvalue weighted by Crippen LogP contribution is -2.01. The molecule has 0 amide bonds. The number of aryl methyl sites for hydroxylation is 1. The molecule has 3 heteroatoms. The van der Waals surface area contributed by atoms with E-state index in [-0.39, 0.29) is 5.56 Å². The third-order valence-electron chi connectivity index (χ3n) is 2.27. The van der Waals surface area contributed by atoms with Crippen LogP contribution in [0, 0.1) is 0 Å². The highest BCUT2D eigenvalue weighted by Crippen LogP contribution is 2.17. The van der Waals surface area contributed by atoms with Crippen LogP contribution in [-0.2, 0) is 6.42 Å². The average molecular weight is 188 g/mol. The van der Waals surface area contributed by atoms with Gasteiger partial charge in [-0.05, 0) is 12.0 Å².